The van der Waals surface area contributed by atoms with E-state index in [0.717, 1.165) is 79.9 Å². The predicted octanol–water partition coefficient (Wildman–Crippen LogP) is 6.56. The molecule has 7 rings (SSSR count). The van der Waals surface area contributed by atoms with E-state index in [9.17, 15) is 28.7 Å². The summed E-state index contributed by atoms with van der Waals surface area (Å²) in [5.41, 5.74) is 2.12. The fourth-order valence-electron chi connectivity index (χ4n) is 9.09. The first-order valence-electron chi connectivity index (χ1n) is 22.5. The third-order valence-electron chi connectivity index (χ3n) is 13.1. The molecular formula is C47H63FN6O9S. The van der Waals surface area contributed by atoms with Gasteiger partial charge in [-0.25, -0.2) is 14.2 Å². The van der Waals surface area contributed by atoms with Crippen LogP contribution in [0.15, 0.2) is 41.9 Å². The van der Waals surface area contributed by atoms with Gasteiger partial charge in [-0.1, -0.05) is 32.9 Å². The molecule has 17 heteroatoms. The number of nitrogens with one attached hydrogen (secondary N) is 3. The number of hydrogen-bond acceptors (Lipinski definition) is 11. The predicted molar refractivity (Wildman–Crippen MR) is 240 cm³/mol. The largest absolute Gasteiger partial charge is 0.494 e. The maximum Gasteiger partial charge on any atom is 0.409 e. The highest BCUT2D eigenvalue weighted by atomic mass is 32.1. The number of amides is 4. The van der Waals surface area contributed by atoms with E-state index in [1.807, 2.05) is 30.6 Å². The Labute approximate surface area is 378 Å². The zero-order valence-electron chi connectivity index (χ0n) is 37.5. The standard InChI is InChI=1S/C47H63FN6O9S/c1-28-40(64-27-50-28)31-10-11-32(23-49-42(56)37-21-33(55)25-54(37)43(57)41(46(2,3)4)52-44(58)47(48)16-17-47)38(20-31)62-26-30-8-6-29(7-9-30)24-53-18-14-34(15-19-53)63-35-12-13-36(51-45(59)60)39(22-35)61-5/h10-13,20,22,27,29-30,33-34,37,41,51,55H,6-9,14-19,21,23-26H2,1-5H3,(H,49,56)(H,52,58)(H,59,60)/t29?,30?,33-,37+,41?/m1/s1. The van der Waals surface area contributed by atoms with Crippen LogP contribution in [0.2, 0.25) is 0 Å². The summed E-state index contributed by atoms with van der Waals surface area (Å²) in [4.78, 5) is 60.9. The molecule has 3 heterocycles. The third-order valence-corrected chi connectivity index (χ3v) is 14.1. The molecule has 4 amide bonds. The first kappa shape index (κ1) is 47.0. The minimum atomic E-state index is -1.96. The highest BCUT2D eigenvalue weighted by molar-refractivity contribution is 7.13. The summed E-state index contributed by atoms with van der Waals surface area (Å²) < 4.78 is 32.9. The van der Waals surface area contributed by atoms with Crippen molar-refractivity contribution in [1.82, 2.24) is 25.4 Å². The molecule has 5 N–H and O–H groups in total. The Morgan fingerprint density at radius 3 is 2.36 bits per heavy atom. The SMILES string of the molecule is COc1cc(OC2CCN(CC3CCC(COc4cc(-c5scnc5C)ccc4CNC(=O)[C@@H]4C[C@@H](O)CN4C(=O)C(NC(=O)C4(F)CC4)C(C)(C)C)CC3)CC2)ccc1NC(=O)O. The first-order chi connectivity index (χ1) is 30.5. The van der Waals surface area contributed by atoms with Crippen LogP contribution in [0.25, 0.3) is 10.4 Å². The van der Waals surface area contributed by atoms with Crippen molar-refractivity contribution in [2.75, 3.05) is 45.2 Å². The number of aliphatic hydroxyl groups is 1. The van der Waals surface area contributed by atoms with Crippen LogP contribution < -0.4 is 30.2 Å². The van der Waals surface area contributed by atoms with Crippen molar-refractivity contribution in [3.8, 4) is 27.7 Å². The number of methoxy groups -OCH3 is 1. The molecule has 15 nitrogen and oxygen atoms in total. The number of carboxylic acid groups (broad SMARTS) is 1. The van der Waals surface area contributed by atoms with Gasteiger partial charge in [-0.05, 0) is 99.3 Å². The van der Waals surface area contributed by atoms with E-state index in [1.165, 1.54) is 12.0 Å². The lowest BCUT2D eigenvalue weighted by molar-refractivity contribution is -0.145. The van der Waals surface area contributed by atoms with Crippen molar-refractivity contribution in [1.29, 1.82) is 0 Å². The Kier molecular flexibility index (Phi) is 14.7. The van der Waals surface area contributed by atoms with Crippen LogP contribution in [0, 0.1) is 24.2 Å². The normalized spacial score (nSPS) is 22.9. The summed E-state index contributed by atoms with van der Waals surface area (Å²) >= 11 is 1.55. The molecule has 0 bridgehead atoms. The Morgan fingerprint density at radius 2 is 1.72 bits per heavy atom. The first-order valence-corrected chi connectivity index (χ1v) is 23.4. The molecule has 4 aliphatic rings. The maximum absolute atomic E-state index is 14.7. The van der Waals surface area contributed by atoms with E-state index in [4.69, 9.17) is 19.3 Å². The van der Waals surface area contributed by atoms with Gasteiger partial charge in [0.25, 0.3) is 5.91 Å². The van der Waals surface area contributed by atoms with Gasteiger partial charge in [0.1, 0.15) is 35.4 Å². The number of ether oxygens (including phenoxy) is 3. The van der Waals surface area contributed by atoms with Crippen molar-refractivity contribution in [2.24, 2.45) is 17.3 Å². The van der Waals surface area contributed by atoms with Gasteiger partial charge in [0.15, 0.2) is 5.67 Å². The van der Waals surface area contributed by atoms with Crippen LogP contribution in [0.5, 0.6) is 17.2 Å². The second-order valence-electron chi connectivity index (χ2n) is 19.0. The van der Waals surface area contributed by atoms with Crippen molar-refractivity contribution < 1.29 is 48.0 Å². The van der Waals surface area contributed by atoms with Crippen LogP contribution in [0.4, 0.5) is 14.9 Å². The zero-order valence-corrected chi connectivity index (χ0v) is 38.3. The molecule has 0 spiro atoms. The molecular weight excluding hydrogens is 844 g/mol. The quantitative estimate of drug-likeness (QED) is 0.105. The number of alkyl halides is 1. The van der Waals surface area contributed by atoms with Crippen LogP contribution >= 0.6 is 11.3 Å². The van der Waals surface area contributed by atoms with E-state index >= 15 is 0 Å². The lowest BCUT2D eigenvalue weighted by Crippen LogP contribution is -2.59. The second kappa shape index (κ2) is 20.0. The van der Waals surface area contributed by atoms with Gasteiger partial charge in [-0.15, -0.1) is 11.3 Å². The Morgan fingerprint density at radius 1 is 1.00 bits per heavy atom. The molecule has 3 atom stereocenters. The summed E-state index contributed by atoms with van der Waals surface area (Å²) in [6.07, 6.45) is 4.39. The van der Waals surface area contributed by atoms with E-state index in [1.54, 1.807) is 50.3 Å². The average Bonchev–Trinajstić information content (AvgIpc) is 3.67. The summed E-state index contributed by atoms with van der Waals surface area (Å²) in [5.74, 6) is 0.933. The van der Waals surface area contributed by atoms with Crippen LogP contribution in [0.3, 0.4) is 0 Å². The molecule has 0 radical (unpaired) electrons. The van der Waals surface area contributed by atoms with Gasteiger partial charge in [-0.3, -0.25) is 19.7 Å². The Hall–Kier alpha value is -5.00. The Balaban J connectivity index is 0.916. The highest BCUT2D eigenvalue weighted by Crippen LogP contribution is 2.41. The molecule has 1 unspecified atom stereocenters. The van der Waals surface area contributed by atoms with Crippen molar-refractivity contribution >= 4 is 40.8 Å². The zero-order chi connectivity index (χ0) is 45.8. The number of aromatic nitrogens is 1. The van der Waals surface area contributed by atoms with Gasteiger partial charge < -0.3 is 44.9 Å². The van der Waals surface area contributed by atoms with E-state index in [2.05, 4.69) is 25.8 Å². The molecule has 4 fully saturated rings. The number of hydrogen-bond donors (Lipinski definition) is 5. The molecule has 348 valence electrons. The summed E-state index contributed by atoms with van der Waals surface area (Å²) in [6, 6.07) is 9.02. The molecule has 2 saturated carbocycles. The number of aliphatic hydroxyl groups excluding tert-OH is 1. The van der Waals surface area contributed by atoms with Gasteiger partial charge in [0, 0.05) is 50.8 Å². The van der Waals surface area contributed by atoms with E-state index in [0.29, 0.717) is 41.4 Å². The molecule has 2 aromatic carbocycles. The monoisotopic (exact) mass is 906 g/mol. The molecule has 2 aliphatic carbocycles. The Bertz CT molecular complexity index is 2140. The molecule has 2 saturated heterocycles. The number of piperidine rings is 1. The number of carbonyl (C=O) groups is 4. The number of aryl methyl sites for hydroxylation is 1. The van der Waals surface area contributed by atoms with Crippen molar-refractivity contribution in [2.45, 2.75) is 122 Å². The number of likely N-dealkylation sites (tertiary alicyclic amines) is 2. The van der Waals surface area contributed by atoms with Crippen molar-refractivity contribution in [3.63, 3.8) is 0 Å². The number of carbonyl (C=O) groups excluding carboxylic acids is 3. The summed E-state index contributed by atoms with van der Waals surface area (Å²) in [7, 11) is 1.50. The van der Waals surface area contributed by atoms with Crippen LogP contribution in [0.1, 0.15) is 89.8 Å². The minimum absolute atomic E-state index is 0.0414. The third kappa shape index (κ3) is 11.6. The molecule has 64 heavy (non-hydrogen) atoms. The number of anilines is 1. The summed E-state index contributed by atoms with van der Waals surface area (Å²) in [6.45, 7) is 10.8. The van der Waals surface area contributed by atoms with Crippen LogP contribution in [-0.4, -0.2) is 119 Å². The number of nitrogens with zero attached hydrogens (tertiary/aromatic N) is 3. The lowest BCUT2D eigenvalue weighted by atomic mass is 9.82. The minimum Gasteiger partial charge on any atom is -0.494 e. The van der Waals surface area contributed by atoms with E-state index in [-0.39, 0.29) is 38.5 Å². The van der Waals surface area contributed by atoms with Crippen LogP contribution in [-0.2, 0) is 20.9 Å². The summed E-state index contributed by atoms with van der Waals surface area (Å²) in [5, 5.41) is 27.7. The van der Waals surface area contributed by atoms with E-state index < -0.39 is 53.1 Å². The number of β-amino-alcohol motifs (C(OH)–C–C–N with tert-alkyl or cyclic N) is 1. The smallest absolute Gasteiger partial charge is 0.409 e. The lowest BCUT2D eigenvalue weighted by Gasteiger charge is -2.36. The molecule has 3 aromatic rings. The second-order valence-corrected chi connectivity index (χ2v) is 19.9. The van der Waals surface area contributed by atoms with Gasteiger partial charge >= 0.3 is 6.09 Å². The average molecular weight is 907 g/mol. The molecule has 1 aromatic heterocycles. The topological polar surface area (TPSA) is 192 Å². The molecule has 2 aliphatic heterocycles. The number of rotatable bonds is 16. The fourth-order valence-corrected chi connectivity index (χ4v) is 9.89. The number of halogens is 1. The maximum atomic E-state index is 14.7. The number of thiazole rings is 1. The number of benzene rings is 2. The highest BCUT2D eigenvalue weighted by Gasteiger charge is 2.53. The fraction of sp³-hybridized carbons (Fsp3) is 0.596. The van der Waals surface area contributed by atoms with Crippen molar-refractivity contribution in [3.05, 3.63) is 53.2 Å². The van der Waals surface area contributed by atoms with Gasteiger partial charge in [0.2, 0.25) is 11.8 Å². The van der Waals surface area contributed by atoms with Gasteiger partial charge in [-0.2, -0.15) is 0 Å². The van der Waals surface area contributed by atoms with Gasteiger partial charge in [0.05, 0.1) is 41.6 Å².